The fourth-order valence-electron chi connectivity index (χ4n) is 2.34. The summed E-state index contributed by atoms with van der Waals surface area (Å²) in [6.45, 7) is 4.74. The molecule has 0 amide bonds. The minimum atomic E-state index is 0. The minimum Gasteiger partial charge on any atom is -0.494 e. The molecule has 1 aromatic carbocycles. The average Bonchev–Trinajstić information content (AvgIpc) is 2.69. The van der Waals surface area contributed by atoms with Gasteiger partial charge in [0.1, 0.15) is 11.5 Å². The van der Waals surface area contributed by atoms with Crippen LogP contribution in [0.4, 0.5) is 0 Å². The molecular formula is C20H29IN4O3. The molecule has 0 unspecified atom stereocenters. The van der Waals surface area contributed by atoms with Crippen LogP contribution in [0.1, 0.15) is 18.9 Å². The average molecular weight is 500 g/mol. The van der Waals surface area contributed by atoms with Gasteiger partial charge in [0, 0.05) is 46.1 Å². The van der Waals surface area contributed by atoms with Crippen molar-refractivity contribution >= 4 is 29.9 Å². The van der Waals surface area contributed by atoms with Gasteiger partial charge in [-0.2, -0.15) is 0 Å². The van der Waals surface area contributed by atoms with Gasteiger partial charge in [0.05, 0.1) is 6.61 Å². The molecule has 0 saturated heterocycles. The first-order chi connectivity index (χ1) is 13.2. The van der Waals surface area contributed by atoms with Crippen LogP contribution in [0.15, 0.2) is 47.6 Å². The standard InChI is InChI=1S/C20H28N4O3.HI/c1-4-26-17-6-8-18(9-7-17)27-19-14-16(10-12-22-19)15-24-20(21-2)23-11-5-13-25-3;/h6-10,12,14H,4-5,11,13,15H2,1-3H3,(H2,21,23,24);1H. The van der Waals surface area contributed by atoms with E-state index in [9.17, 15) is 0 Å². The van der Waals surface area contributed by atoms with E-state index in [0.29, 0.717) is 24.8 Å². The minimum absolute atomic E-state index is 0. The second-order valence-corrected chi connectivity index (χ2v) is 5.71. The highest BCUT2D eigenvalue weighted by Crippen LogP contribution is 2.23. The van der Waals surface area contributed by atoms with E-state index in [1.54, 1.807) is 20.4 Å². The third kappa shape index (κ3) is 8.75. The van der Waals surface area contributed by atoms with Crippen LogP contribution in [0.25, 0.3) is 0 Å². The molecule has 2 rings (SSSR count). The van der Waals surface area contributed by atoms with Crippen molar-refractivity contribution in [2.24, 2.45) is 4.99 Å². The van der Waals surface area contributed by atoms with E-state index >= 15 is 0 Å². The Bertz CT molecular complexity index is 711. The molecule has 0 spiro atoms. The van der Waals surface area contributed by atoms with Gasteiger partial charge in [-0.05, 0) is 49.2 Å². The van der Waals surface area contributed by atoms with E-state index < -0.39 is 0 Å². The summed E-state index contributed by atoms with van der Waals surface area (Å²) in [6, 6.07) is 11.3. The van der Waals surface area contributed by atoms with E-state index in [0.717, 1.165) is 36.8 Å². The molecule has 0 aliphatic carbocycles. The molecule has 1 heterocycles. The monoisotopic (exact) mass is 500 g/mol. The quantitative estimate of drug-likeness (QED) is 0.225. The third-order valence-electron chi connectivity index (χ3n) is 3.66. The number of nitrogens with zero attached hydrogens (tertiary/aromatic N) is 2. The van der Waals surface area contributed by atoms with Crippen molar-refractivity contribution < 1.29 is 14.2 Å². The fraction of sp³-hybridized carbons (Fsp3) is 0.400. The Kier molecular flexibility index (Phi) is 12.0. The lowest BCUT2D eigenvalue weighted by molar-refractivity contribution is 0.195. The predicted molar refractivity (Wildman–Crippen MR) is 122 cm³/mol. The highest BCUT2D eigenvalue weighted by molar-refractivity contribution is 14.0. The molecule has 0 aliphatic heterocycles. The van der Waals surface area contributed by atoms with Gasteiger partial charge in [0.2, 0.25) is 5.88 Å². The van der Waals surface area contributed by atoms with Crippen molar-refractivity contribution in [1.29, 1.82) is 0 Å². The highest BCUT2D eigenvalue weighted by atomic mass is 127. The van der Waals surface area contributed by atoms with Crippen LogP contribution in [-0.2, 0) is 11.3 Å². The maximum Gasteiger partial charge on any atom is 0.219 e. The lowest BCUT2D eigenvalue weighted by Crippen LogP contribution is -2.37. The van der Waals surface area contributed by atoms with Crippen LogP contribution >= 0.6 is 24.0 Å². The molecule has 0 atom stereocenters. The number of halogens is 1. The molecule has 0 saturated carbocycles. The number of pyridine rings is 1. The lowest BCUT2D eigenvalue weighted by Gasteiger charge is -2.12. The molecule has 0 aliphatic rings. The van der Waals surface area contributed by atoms with Crippen molar-refractivity contribution in [2.45, 2.75) is 19.9 Å². The summed E-state index contributed by atoms with van der Waals surface area (Å²) in [6.07, 6.45) is 2.65. The Balaban J connectivity index is 0.00000392. The van der Waals surface area contributed by atoms with Gasteiger partial charge < -0.3 is 24.8 Å². The normalized spacial score (nSPS) is 10.8. The van der Waals surface area contributed by atoms with Crippen molar-refractivity contribution in [1.82, 2.24) is 15.6 Å². The zero-order valence-electron chi connectivity index (χ0n) is 16.6. The van der Waals surface area contributed by atoms with Gasteiger partial charge in [-0.3, -0.25) is 4.99 Å². The predicted octanol–water partition coefficient (Wildman–Crippen LogP) is 3.59. The number of nitrogens with one attached hydrogen (secondary N) is 2. The number of aliphatic imine (C=N–C) groups is 1. The number of benzene rings is 1. The molecule has 8 heteroatoms. The first-order valence-corrected chi connectivity index (χ1v) is 9.04. The fourth-order valence-corrected chi connectivity index (χ4v) is 2.34. The van der Waals surface area contributed by atoms with Gasteiger partial charge in [0.15, 0.2) is 5.96 Å². The van der Waals surface area contributed by atoms with E-state index in [-0.39, 0.29) is 24.0 Å². The highest BCUT2D eigenvalue weighted by Gasteiger charge is 2.03. The first-order valence-electron chi connectivity index (χ1n) is 9.04. The van der Waals surface area contributed by atoms with E-state index in [1.165, 1.54) is 0 Å². The second kappa shape index (κ2) is 14.0. The lowest BCUT2D eigenvalue weighted by atomic mass is 10.2. The Hall–Kier alpha value is -2.07. The number of guanidine groups is 1. The van der Waals surface area contributed by atoms with Gasteiger partial charge >= 0.3 is 0 Å². The molecule has 0 radical (unpaired) electrons. The van der Waals surface area contributed by atoms with Crippen LogP contribution < -0.4 is 20.1 Å². The molecule has 0 bridgehead atoms. The Morgan fingerprint density at radius 2 is 1.86 bits per heavy atom. The molecule has 7 nitrogen and oxygen atoms in total. The number of hydrogen-bond acceptors (Lipinski definition) is 5. The summed E-state index contributed by atoms with van der Waals surface area (Å²) in [5.41, 5.74) is 1.05. The molecule has 154 valence electrons. The SMILES string of the molecule is CCOc1ccc(Oc2cc(CNC(=NC)NCCCOC)ccn2)cc1.I. The summed E-state index contributed by atoms with van der Waals surface area (Å²) in [7, 11) is 3.45. The zero-order valence-corrected chi connectivity index (χ0v) is 18.9. The van der Waals surface area contributed by atoms with Crippen molar-refractivity contribution in [3.05, 3.63) is 48.2 Å². The molecule has 2 N–H and O–H groups in total. The number of aromatic nitrogens is 1. The van der Waals surface area contributed by atoms with Crippen molar-refractivity contribution in [3.8, 4) is 17.4 Å². The van der Waals surface area contributed by atoms with Crippen LogP contribution in [0.2, 0.25) is 0 Å². The van der Waals surface area contributed by atoms with Crippen LogP contribution in [0, 0.1) is 0 Å². The van der Waals surface area contributed by atoms with Gasteiger partial charge in [-0.15, -0.1) is 24.0 Å². The molecule has 0 fully saturated rings. The first kappa shape index (κ1) is 24.0. The Labute approximate surface area is 183 Å². The topological polar surface area (TPSA) is 77.0 Å². The van der Waals surface area contributed by atoms with Gasteiger partial charge in [-0.25, -0.2) is 4.98 Å². The largest absolute Gasteiger partial charge is 0.494 e. The molecule has 2 aromatic rings. The maximum atomic E-state index is 5.82. The van der Waals surface area contributed by atoms with Crippen molar-refractivity contribution in [3.63, 3.8) is 0 Å². The number of methoxy groups -OCH3 is 1. The van der Waals surface area contributed by atoms with Crippen LogP contribution in [-0.4, -0.2) is 44.9 Å². The Morgan fingerprint density at radius 3 is 2.54 bits per heavy atom. The Morgan fingerprint density at radius 1 is 1.11 bits per heavy atom. The van der Waals surface area contributed by atoms with E-state index in [4.69, 9.17) is 14.2 Å². The number of hydrogen-bond donors (Lipinski definition) is 2. The van der Waals surface area contributed by atoms with Crippen LogP contribution in [0.3, 0.4) is 0 Å². The molecular weight excluding hydrogens is 471 g/mol. The molecule has 1 aromatic heterocycles. The summed E-state index contributed by atoms with van der Waals surface area (Å²) in [4.78, 5) is 8.48. The van der Waals surface area contributed by atoms with E-state index in [2.05, 4.69) is 20.6 Å². The summed E-state index contributed by atoms with van der Waals surface area (Å²) >= 11 is 0. The smallest absolute Gasteiger partial charge is 0.219 e. The summed E-state index contributed by atoms with van der Waals surface area (Å²) < 4.78 is 16.3. The van der Waals surface area contributed by atoms with Crippen LogP contribution in [0.5, 0.6) is 17.4 Å². The summed E-state index contributed by atoms with van der Waals surface area (Å²) in [5.74, 6) is 2.82. The zero-order chi connectivity index (χ0) is 19.3. The maximum absolute atomic E-state index is 5.82. The second-order valence-electron chi connectivity index (χ2n) is 5.71. The van der Waals surface area contributed by atoms with Gasteiger partial charge in [0.25, 0.3) is 0 Å². The van der Waals surface area contributed by atoms with Gasteiger partial charge in [-0.1, -0.05) is 0 Å². The third-order valence-corrected chi connectivity index (χ3v) is 3.66. The van der Waals surface area contributed by atoms with Crippen molar-refractivity contribution in [2.75, 3.05) is 33.9 Å². The molecule has 28 heavy (non-hydrogen) atoms. The number of ether oxygens (including phenoxy) is 3. The van der Waals surface area contributed by atoms with E-state index in [1.807, 2.05) is 43.3 Å². The number of rotatable bonds is 10. The summed E-state index contributed by atoms with van der Waals surface area (Å²) in [5, 5.41) is 6.52.